The number of rotatable bonds is 5. The molecule has 1 aromatic carbocycles. The molecule has 2 fully saturated rings. The molecule has 5 heteroatoms. The van der Waals surface area contributed by atoms with Gasteiger partial charge in [0.05, 0.1) is 5.56 Å². The van der Waals surface area contributed by atoms with E-state index in [0.29, 0.717) is 10.5 Å². The van der Waals surface area contributed by atoms with Crippen molar-refractivity contribution < 1.29 is 9.18 Å². The van der Waals surface area contributed by atoms with Gasteiger partial charge in [-0.1, -0.05) is 15.9 Å². The van der Waals surface area contributed by atoms with Gasteiger partial charge in [-0.3, -0.25) is 4.79 Å². The Morgan fingerprint density at radius 2 is 2.04 bits per heavy atom. The zero-order valence-corrected chi connectivity index (χ0v) is 14.8. The molecule has 0 aromatic heterocycles. The summed E-state index contributed by atoms with van der Waals surface area (Å²) in [5.74, 6) is -0.758. The predicted molar refractivity (Wildman–Crippen MR) is 93.0 cm³/mol. The maximum Gasteiger partial charge on any atom is 0.190 e. The van der Waals surface area contributed by atoms with E-state index in [1.165, 1.54) is 50.6 Å². The average molecular weight is 381 g/mol. The molecule has 1 aromatic rings. The second-order valence-electron chi connectivity index (χ2n) is 6.35. The summed E-state index contributed by atoms with van der Waals surface area (Å²) in [7, 11) is 0. The molecule has 0 saturated carbocycles. The van der Waals surface area contributed by atoms with E-state index in [1.807, 2.05) is 6.20 Å². The van der Waals surface area contributed by atoms with Gasteiger partial charge in [0, 0.05) is 35.9 Å². The zero-order valence-electron chi connectivity index (χ0n) is 13.2. The second-order valence-corrected chi connectivity index (χ2v) is 7.26. The highest BCUT2D eigenvalue weighted by Gasteiger charge is 2.25. The van der Waals surface area contributed by atoms with Crippen molar-refractivity contribution in [2.24, 2.45) is 0 Å². The molecule has 0 N–H and O–H groups in total. The lowest BCUT2D eigenvalue weighted by atomic mass is 10.1. The summed E-state index contributed by atoms with van der Waals surface area (Å²) in [5, 5.41) is 0. The van der Waals surface area contributed by atoms with E-state index in [2.05, 4.69) is 25.7 Å². The first-order chi connectivity index (χ1) is 11.1. The quantitative estimate of drug-likeness (QED) is 0.572. The van der Waals surface area contributed by atoms with E-state index in [1.54, 1.807) is 6.07 Å². The van der Waals surface area contributed by atoms with Crippen LogP contribution >= 0.6 is 15.9 Å². The van der Waals surface area contributed by atoms with Crippen LogP contribution in [0.5, 0.6) is 0 Å². The standard InChI is InChI=1S/C18H22BrFN2O/c19-14-5-6-16(17(20)12-14)18(23)7-11-22-10-3-4-15(22)13-21-8-1-2-9-21/h5-7,11-12,15H,1-4,8-10,13H2/b11-7+/t15-/m0/s1. The van der Waals surface area contributed by atoms with Gasteiger partial charge in [0.2, 0.25) is 0 Å². The fourth-order valence-electron chi connectivity index (χ4n) is 3.46. The monoisotopic (exact) mass is 380 g/mol. The van der Waals surface area contributed by atoms with Crippen molar-refractivity contribution in [2.75, 3.05) is 26.2 Å². The van der Waals surface area contributed by atoms with Gasteiger partial charge < -0.3 is 9.80 Å². The topological polar surface area (TPSA) is 23.6 Å². The molecule has 0 spiro atoms. The van der Waals surface area contributed by atoms with Gasteiger partial charge in [0.15, 0.2) is 5.78 Å². The Bertz CT molecular complexity index is 599. The second kappa shape index (κ2) is 7.58. The molecule has 0 unspecified atom stereocenters. The van der Waals surface area contributed by atoms with Crippen LogP contribution in [-0.2, 0) is 0 Å². The average Bonchev–Trinajstić information content (AvgIpc) is 3.17. The van der Waals surface area contributed by atoms with Crippen LogP contribution in [-0.4, -0.2) is 47.8 Å². The maximum absolute atomic E-state index is 13.8. The van der Waals surface area contributed by atoms with Crippen LogP contribution in [0.3, 0.4) is 0 Å². The Kier molecular flexibility index (Phi) is 5.49. The minimum atomic E-state index is -0.482. The normalized spacial score (nSPS) is 22.3. The van der Waals surface area contributed by atoms with Crippen LogP contribution in [0.25, 0.3) is 0 Å². The van der Waals surface area contributed by atoms with Gasteiger partial charge in [-0.15, -0.1) is 0 Å². The molecular formula is C18H22BrFN2O. The summed E-state index contributed by atoms with van der Waals surface area (Å²) in [4.78, 5) is 17.0. The smallest absolute Gasteiger partial charge is 0.190 e. The van der Waals surface area contributed by atoms with Crippen molar-refractivity contribution in [1.29, 1.82) is 0 Å². The Morgan fingerprint density at radius 3 is 2.78 bits per heavy atom. The molecule has 0 aliphatic carbocycles. The third-order valence-corrected chi connectivity index (χ3v) is 5.20. The van der Waals surface area contributed by atoms with Gasteiger partial charge >= 0.3 is 0 Å². The van der Waals surface area contributed by atoms with Crippen molar-refractivity contribution in [3.63, 3.8) is 0 Å². The molecule has 0 radical (unpaired) electrons. The molecule has 3 nitrogen and oxygen atoms in total. The fraction of sp³-hybridized carbons (Fsp3) is 0.500. The molecule has 23 heavy (non-hydrogen) atoms. The van der Waals surface area contributed by atoms with E-state index >= 15 is 0 Å². The molecule has 3 rings (SSSR count). The third-order valence-electron chi connectivity index (χ3n) is 4.70. The summed E-state index contributed by atoms with van der Waals surface area (Å²) < 4.78 is 14.5. The van der Waals surface area contributed by atoms with Crippen LogP contribution in [0.2, 0.25) is 0 Å². The number of hydrogen-bond donors (Lipinski definition) is 0. The van der Waals surface area contributed by atoms with E-state index in [-0.39, 0.29) is 11.3 Å². The first-order valence-corrected chi connectivity index (χ1v) is 9.08. The molecular weight excluding hydrogens is 359 g/mol. The van der Waals surface area contributed by atoms with Crippen LogP contribution < -0.4 is 0 Å². The van der Waals surface area contributed by atoms with Crippen LogP contribution in [0.4, 0.5) is 4.39 Å². The lowest BCUT2D eigenvalue weighted by Gasteiger charge is -2.27. The van der Waals surface area contributed by atoms with E-state index in [9.17, 15) is 9.18 Å². The number of likely N-dealkylation sites (tertiary alicyclic amines) is 2. The Morgan fingerprint density at radius 1 is 1.26 bits per heavy atom. The van der Waals surface area contributed by atoms with Gasteiger partial charge in [0.25, 0.3) is 0 Å². The molecule has 0 bridgehead atoms. The van der Waals surface area contributed by atoms with Crippen molar-refractivity contribution in [1.82, 2.24) is 9.80 Å². The van der Waals surface area contributed by atoms with E-state index < -0.39 is 5.82 Å². The minimum Gasteiger partial charge on any atom is -0.373 e. The van der Waals surface area contributed by atoms with Crippen molar-refractivity contribution in [2.45, 2.75) is 31.7 Å². The highest BCUT2D eigenvalue weighted by atomic mass is 79.9. The summed E-state index contributed by atoms with van der Waals surface area (Å²) in [5.41, 5.74) is 0.125. The van der Waals surface area contributed by atoms with Gasteiger partial charge in [-0.05, 0) is 57.0 Å². The van der Waals surface area contributed by atoms with Crippen molar-refractivity contribution in [3.8, 4) is 0 Å². The molecule has 124 valence electrons. The molecule has 0 amide bonds. The fourth-order valence-corrected chi connectivity index (χ4v) is 3.79. The van der Waals surface area contributed by atoms with Crippen LogP contribution in [0.15, 0.2) is 34.9 Å². The molecule has 2 aliphatic heterocycles. The number of benzene rings is 1. The maximum atomic E-state index is 13.8. The number of ketones is 1. The van der Waals surface area contributed by atoms with Gasteiger partial charge in [0.1, 0.15) is 5.82 Å². The predicted octanol–water partition coefficient (Wildman–Crippen LogP) is 3.84. The summed E-state index contributed by atoms with van der Waals surface area (Å²) in [6, 6.07) is 5.02. The lowest BCUT2D eigenvalue weighted by molar-refractivity contribution is 0.104. The number of hydrogen-bond acceptors (Lipinski definition) is 3. The molecule has 2 saturated heterocycles. The zero-order chi connectivity index (χ0) is 16.2. The Labute approximate surface area is 145 Å². The SMILES string of the molecule is O=C(/C=C/N1CCC[C@H]1CN1CCCC1)c1ccc(Br)cc1F. The summed E-state index contributed by atoms with van der Waals surface area (Å²) in [6.07, 6.45) is 8.28. The van der Waals surface area contributed by atoms with Crippen molar-refractivity contribution >= 4 is 21.7 Å². The van der Waals surface area contributed by atoms with Crippen LogP contribution in [0, 0.1) is 5.82 Å². The Balaban J connectivity index is 1.62. The first-order valence-electron chi connectivity index (χ1n) is 8.29. The third kappa shape index (κ3) is 4.21. The van der Waals surface area contributed by atoms with Crippen LogP contribution in [0.1, 0.15) is 36.0 Å². The highest BCUT2D eigenvalue weighted by molar-refractivity contribution is 9.10. The van der Waals surface area contributed by atoms with Crippen molar-refractivity contribution in [3.05, 3.63) is 46.3 Å². The van der Waals surface area contributed by atoms with Gasteiger partial charge in [-0.2, -0.15) is 0 Å². The summed E-state index contributed by atoms with van der Waals surface area (Å²) >= 11 is 3.21. The van der Waals surface area contributed by atoms with E-state index in [4.69, 9.17) is 0 Å². The Hall–Kier alpha value is -1.20. The first kappa shape index (κ1) is 16.7. The van der Waals surface area contributed by atoms with E-state index in [0.717, 1.165) is 19.5 Å². The minimum absolute atomic E-state index is 0.125. The number of allylic oxidation sites excluding steroid dienone is 1. The number of carbonyl (C=O) groups excluding carboxylic acids is 1. The number of nitrogens with zero attached hydrogens (tertiary/aromatic N) is 2. The number of carbonyl (C=O) groups is 1. The molecule has 1 atom stereocenters. The number of halogens is 2. The lowest BCUT2D eigenvalue weighted by Crippen LogP contribution is -2.36. The largest absolute Gasteiger partial charge is 0.373 e. The highest BCUT2D eigenvalue weighted by Crippen LogP contribution is 2.21. The molecule has 2 aliphatic rings. The summed E-state index contributed by atoms with van der Waals surface area (Å²) in [6.45, 7) is 4.43. The van der Waals surface area contributed by atoms with Gasteiger partial charge in [-0.25, -0.2) is 4.39 Å². The molecule has 2 heterocycles.